The zero-order valence-corrected chi connectivity index (χ0v) is 13.0. The van der Waals surface area contributed by atoms with Gasteiger partial charge in [-0.15, -0.1) is 0 Å². The molecule has 0 amide bonds. The molecule has 3 rings (SSSR count). The van der Waals surface area contributed by atoms with Gasteiger partial charge in [-0.2, -0.15) is 4.98 Å². The molecule has 1 aromatic carbocycles. The molecule has 2 aromatic rings. The third-order valence-electron chi connectivity index (χ3n) is 3.29. The van der Waals surface area contributed by atoms with Crippen LogP contribution in [-0.4, -0.2) is 35.2 Å². The van der Waals surface area contributed by atoms with Crippen LogP contribution in [-0.2, 0) is 14.2 Å². The number of carbonyl (C=O) groups excluding carboxylic acids is 1. The highest BCUT2D eigenvalue weighted by molar-refractivity contribution is 5.63. The Morgan fingerprint density at radius 3 is 2.88 bits per heavy atom. The minimum Gasteiger partial charge on any atom is -0.429 e. The topological polar surface area (TPSA) is 88.9 Å². The molecule has 0 radical (unpaired) electrons. The fraction of sp³-hybridized carbons (Fsp3) is 0.312. The first kappa shape index (κ1) is 16.2. The van der Waals surface area contributed by atoms with Crippen LogP contribution in [0.2, 0.25) is 0 Å². The minimum absolute atomic E-state index is 0.143. The molecule has 1 aliphatic heterocycles. The summed E-state index contributed by atoms with van der Waals surface area (Å²) >= 11 is 0. The summed E-state index contributed by atoms with van der Waals surface area (Å²) in [7, 11) is 0. The molecule has 0 bridgehead atoms. The highest BCUT2D eigenvalue weighted by Gasteiger charge is 2.29. The maximum absolute atomic E-state index is 11.8. The average molecular weight is 332 g/mol. The largest absolute Gasteiger partial charge is 0.514 e. The van der Waals surface area contributed by atoms with E-state index in [1.54, 1.807) is 49.5 Å². The van der Waals surface area contributed by atoms with Gasteiger partial charge in [0.05, 0.1) is 6.61 Å². The van der Waals surface area contributed by atoms with E-state index in [4.69, 9.17) is 18.9 Å². The smallest absolute Gasteiger partial charge is 0.429 e. The van der Waals surface area contributed by atoms with E-state index in [1.165, 1.54) is 4.57 Å². The van der Waals surface area contributed by atoms with Crippen LogP contribution in [0.5, 0.6) is 5.75 Å². The summed E-state index contributed by atoms with van der Waals surface area (Å²) < 4.78 is 22.2. The lowest BCUT2D eigenvalue weighted by atomic mass is 10.3. The third-order valence-corrected chi connectivity index (χ3v) is 3.29. The van der Waals surface area contributed by atoms with Gasteiger partial charge in [0.2, 0.25) is 0 Å². The lowest BCUT2D eigenvalue weighted by Gasteiger charge is -2.13. The summed E-state index contributed by atoms with van der Waals surface area (Å²) in [6.07, 6.45) is -0.645. The van der Waals surface area contributed by atoms with E-state index in [0.717, 1.165) is 0 Å². The number of nitrogens with zero attached hydrogens (tertiary/aromatic N) is 2. The van der Waals surface area contributed by atoms with Crippen molar-refractivity contribution < 1.29 is 23.7 Å². The monoisotopic (exact) mass is 332 g/mol. The summed E-state index contributed by atoms with van der Waals surface area (Å²) in [5.74, 6) is 0.380. The second-order valence-corrected chi connectivity index (χ2v) is 5.09. The number of rotatable bonds is 4. The van der Waals surface area contributed by atoms with Crippen molar-refractivity contribution in [3.63, 3.8) is 0 Å². The van der Waals surface area contributed by atoms with Gasteiger partial charge in [-0.05, 0) is 25.1 Å². The first-order valence-corrected chi connectivity index (χ1v) is 7.34. The first-order chi connectivity index (χ1) is 11.6. The molecule has 0 unspecified atom stereocenters. The van der Waals surface area contributed by atoms with Gasteiger partial charge in [0, 0.05) is 11.9 Å². The maximum Gasteiger partial charge on any atom is 0.514 e. The fourth-order valence-corrected chi connectivity index (χ4v) is 2.14. The molecular weight excluding hydrogens is 316 g/mol. The van der Waals surface area contributed by atoms with Gasteiger partial charge in [0.25, 0.3) is 0 Å². The Balaban J connectivity index is 1.49. The molecule has 1 fully saturated rings. The quantitative estimate of drug-likeness (QED) is 0.621. The van der Waals surface area contributed by atoms with Gasteiger partial charge in [0.15, 0.2) is 12.5 Å². The minimum atomic E-state index is -0.856. The van der Waals surface area contributed by atoms with Crippen molar-refractivity contribution in [2.45, 2.75) is 19.4 Å². The zero-order valence-electron chi connectivity index (χ0n) is 13.0. The maximum atomic E-state index is 11.8. The summed E-state index contributed by atoms with van der Waals surface area (Å²) in [6, 6.07) is 10.3. The van der Waals surface area contributed by atoms with Gasteiger partial charge in [-0.1, -0.05) is 18.2 Å². The van der Waals surface area contributed by atoms with E-state index in [-0.39, 0.29) is 13.2 Å². The third kappa shape index (κ3) is 3.98. The van der Waals surface area contributed by atoms with E-state index in [2.05, 4.69) is 4.98 Å². The highest BCUT2D eigenvalue weighted by atomic mass is 16.8. The van der Waals surface area contributed by atoms with Gasteiger partial charge in [0.1, 0.15) is 12.4 Å². The summed E-state index contributed by atoms with van der Waals surface area (Å²) in [4.78, 5) is 27.2. The highest BCUT2D eigenvalue weighted by Crippen LogP contribution is 2.20. The molecule has 0 aliphatic carbocycles. The Hall–Kier alpha value is -2.71. The standard InChI is InChI=1S/C16H16N2O6/c1-11-7-8-18(15(19)17-11)13-9-21-14(24-13)10-22-16(20)23-12-5-3-2-4-6-12/h2-8,13-14H,9-10H2,1H3/t13-,14-/m0/s1. The van der Waals surface area contributed by atoms with Crippen LogP contribution in [0.15, 0.2) is 47.4 Å². The van der Waals surface area contributed by atoms with Gasteiger partial charge >= 0.3 is 11.8 Å². The van der Waals surface area contributed by atoms with E-state index < -0.39 is 24.4 Å². The van der Waals surface area contributed by atoms with E-state index in [0.29, 0.717) is 11.4 Å². The van der Waals surface area contributed by atoms with Crippen LogP contribution in [0, 0.1) is 6.92 Å². The molecule has 2 atom stereocenters. The van der Waals surface area contributed by atoms with Crippen molar-refractivity contribution in [2.24, 2.45) is 0 Å². The molecule has 24 heavy (non-hydrogen) atoms. The normalized spacial score (nSPS) is 19.9. The zero-order chi connectivity index (χ0) is 16.9. The van der Waals surface area contributed by atoms with Crippen molar-refractivity contribution in [1.29, 1.82) is 0 Å². The summed E-state index contributed by atoms with van der Waals surface area (Å²) in [5, 5.41) is 0. The van der Waals surface area contributed by atoms with Crippen LogP contribution in [0.1, 0.15) is 11.9 Å². The Labute approximate surface area is 137 Å². The molecule has 1 aliphatic rings. The lowest BCUT2D eigenvalue weighted by Crippen LogP contribution is -2.29. The SMILES string of the molecule is Cc1ccn([C@@H]2CO[C@H](COC(=O)Oc3ccccc3)O2)c(=O)n1. The van der Waals surface area contributed by atoms with Crippen molar-refractivity contribution in [3.8, 4) is 5.75 Å². The Bertz CT molecular complexity index is 761. The van der Waals surface area contributed by atoms with E-state index >= 15 is 0 Å². The number of ether oxygens (including phenoxy) is 4. The average Bonchev–Trinajstić information content (AvgIpc) is 3.02. The van der Waals surface area contributed by atoms with Crippen molar-refractivity contribution in [3.05, 3.63) is 58.8 Å². The van der Waals surface area contributed by atoms with Crippen LogP contribution in [0.4, 0.5) is 4.79 Å². The fourth-order valence-electron chi connectivity index (χ4n) is 2.14. The van der Waals surface area contributed by atoms with E-state index in [9.17, 15) is 9.59 Å². The molecule has 0 saturated carbocycles. The van der Waals surface area contributed by atoms with Crippen LogP contribution < -0.4 is 10.4 Å². The van der Waals surface area contributed by atoms with Crippen molar-refractivity contribution in [2.75, 3.05) is 13.2 Å². The predicted octanol–water partition coefficient (Wildman–Crippen LogP) is 1.64. The second kappa shape index (κ2) is 7.24. The molecule has 8 nitrogen and oxygen atoms in total. The Morgan fingerprint density at radius 1 is 1.33 bits per heavy atom. The molecule has 1 saturated heterocycles. The lowest BCUT2D eigenvalue weighted by molar-refractivity contribution is -0.105. The van der Waals surface area contributed by atoms with Gasteiger partial charge < -0.3 is 18.9 Å². The van der Waals surface area contributed by atoms with Crippen LogP contribution in [0.3, 0.4) is 0 Å². The molecule has 0 spiro atoms. The predicted molar refractivity (Wildman–Crippen MR) is 81.5 cm³/mol. The Kier molecular flexibility index (Phi) is 4.88. The van der Waals surface area contributed by atoms with Gasteiger partial charge in [-0.25, -0.2) is 9.59 Å². The number of hydrogen-bond donors (Lipinski definition) is 0. The number of carbonyl (C=O) groups is 1. The molecular formula is C16H16N2O6. The van der Waals surface area contributed by atoms with Crippen LogP contribution >= 0.6 is 0 Å². The molecule has 8 heteroatoms. The summed E-state index contributed by atoms with van der Waals surface area (Å²) in [6.45, 7) is 1.75. The van der Waals surface area contributed by atoms with Crippen molar-refractivity contribution >= 4 is 6.16 Å². The number of aryl methyl sites for hydroxylation is 1. The number of hydrogen-bond acceptors (Lipinski definition) is 7. The van der Waals surface area contributed by atoms with Crippen LogP contribution in [0.25, 0.3) is 0 Å². The number of aromatic nitrogens is 2. The molecule has 2 heterocycles. The molecule has 126 valence electrons. The number of benzene rings is 1. The number of para-hydroxylation sites is 1. The Morgan fingerprint density at radius 2 is 2.12 bits per heavy atom. The first-order valence-electron chi connectivity index (χ1n) is 7.34. The molecule has 1 aromatic heterocycles. The van der Waals surface area contributed by atoms with E-state index in [1.807, 2.05) is 0 Å². The van der Waals surface area contributed by atoms with Gasteiger partial charge in [-0.3, -0.25) is 4.57 Å². The molecule has 0 N–H and O–H groups in total. The second-order valence-electron chi connectivity index (χ2n) is 5.09. The van der Waals surface area contributed by atoms with Crippen molar-refractivity contribution in [1.82, 2.24) is 9.55 Å². The summed E-state index contributed by atoms with van der Waals surface area (Å²) in [5.41, 5.74) is 0.201.